The summed E-state index contributed by atoms with van der Waals surface area (Å²) in [7, 11) is 3.71. The summed E-state index contributed by atoms with van der Waals surface area (Å²) >= 11 is 0. The fourth-order valence-corrected chi connectivity index (χ4v) is 5.95. The molecule has 1 saturated carbocycles. The van der Waals surface area contributed by atoms with E-state index in [9.17, 15) is 9.90 Å². The van der Waals surface area contributed by atoms with Crippen LogP contribution in [0.5, 0.6) is 5.75 Å². The van der Waals surface area contributed by atoms with Crippen LogP contribution in [0, 0.1) is 11.8 Å². The highest BCUT2D eigenvalue weighted by Gasteiger charge is 2.75. The van der Waals surface area contributed by atoms with E-state index < -0.39 is 11.1 Å². The molecular formula is C20H26N2O4. The quantitative estimate of drug-likeness (QED) is 0.790. The first kappa shape index (κ1) is 16.5. The van der Waals surface area contributed by atoms with Crippen LogP contribution in [-0.4, -0.2) is 61.0 Å². The van der Waals surface area contributed by atoms with Gasteiger partial charge in [0.15, 0.2) is 11.5 Å². The molecule has 1 aliphatic carbocycles. The van der Waals surface area contributed by atoms with Crippen LogP contribution < -0.4 is 10.1 Å². The molecule has 2 N–H and O–H groups in total. The summed E-state index contributed by atoms with van der Waals surface area (Å²) in [5.41, 5.74) is -0.710. The van der Waals surface area contributed by atoms with Gasteiger partial charge in [-0.1, -0.05) is 6.07 Å². The van der Waals surface area contributed by atoms with Gasteiger partial charge in [-0.25, -0.2) is 0 Å². The maximum atomic E-state index is 13.9. The standard InChI is InChI=1S/C20H26N2O4/c1-11-16-13-6-8-22(2)9-7-19(17(16)23)14-5-4-12(25-3)10-15(14)21-20(19,24)18(13)26-11/h4-5,10-11,13,16,18,21,24H,6-9H2,1-3H3/t11-,13+,16+,18-,19+,20+/m1/s1. The summed E-state index contributed by atoms with van der Waals surface area (Å²) < 4.78 is 11.6. The van der Waals surface area contributed by atoms with Crippen LogP contribution in [0.4, 0.5) is 5.69 Å². The minimum atomic E-state index is -1.41. The Morgan fingerprint density at radius 2 is 2.19 bits per heavy atom. The molecule has 0 unspecified atom stereocenters. The van der Waals surface area contributed by atoms with Crippen LogP contribution in [0.1, 0.15) is 25.3 Å². The molecule has 3 heterocycles. The number of ketones is 1. The number of nitrogens with zero attached hydrogens (tertiary/aromatic N) is 1. The van der Waals surface area contributed by atoms with Crippen LogP contribution in [-0.2, 0) is 14.9 Å². The van der Waals surface area contributed by atoms with Crippen molar-refractivity contribution >= 4 is 11.5 Å². The predicted octanol–water partition coefficient (Wildman–Crippen LogP) is 1.38. The average Bonchev–Trinajstić information content (AvgIpc) is 3.09. The Morgan fingerprint density at radius 3 is 2.96 bits per heavy atom. The van der Waals surface area contributed by atoms with Crippen molar-refractivity contribution in [3.05, 3.63) is 23.8 Å². The zero-order valence-corrected chi connectivity index (χ0v) is 15.5. The number of fused-ring (bicyclic) bond motifs is 2. The van der Waals surface area contributed by atoms with Gasteiger partial charge in [-0.05, 0) is 51.5 Å². The van der Waals surface area contributed by atoms with Crippen LogP contribution in [0.3, 0.4) is 0 Å². The summed E-state index contributed by atoms with van der Waals surface area (Å²) in [5, 5.41) is 15.3. The van der Waals surface area contributed by atoms with Gasteiger partial charge in [0.25, 0.3) is 0 Å². The van der Waals surface area contributed by atoms with Gasteiger partial charge in [0, 0.05) is 17.7 Å². The lowest BCUT2D eigenvalue weighted by atomic mass is 9.56. The fourth-order valence-electron chi connectivity index (χ4n) is 5.95. The molecule has 0 aromatic heterocycles. The first-order valence-corrected chi connectivity index (χ1v) is 9.50. The molecule has 0 amide bonds. The number of nitrogens with one attached hydrogen (secondary N) is 1. The third-order valence-electron chi connectivity index (χ3n) is 7.23. The number of benzene rings is 1. The molecule has 0 radical (unpaired) electrons. The Bertz CT molecular complexity index is 783. The van der Waals surface area contributed by atoms with Gasteiger partial charge in [0.1, 0.15) is 17.3 Å². The molecule has 6 nitrogen and oxygen atoms in total. The highest BCUT2D eigenvalue weighted by atomic mass is 16.5. The number of carbonyl (C=O) groups excluding carboxylic acids is 1. The number of hydrogen-bond acceptors (Lipinski definition) is 6. The molecule has 2 saturated heterocycles. The third-order valence-corrected chi connectivity index (χ3v) is 7.23. The van der Waals surface area contributed by atoms with E-state index in [2.05, 4.69) is 17.3 Å². The summed E-state index contributed by atoms with van der Waals surface area (Å²) in [6, 6.07) is 5.70. The molecule has 4 bridgehead atoms. The van der Waals surface area contributed by atoms with E-state index >= 15 is 0 Å². The van der Waals surface area contributed by atoms with E-state index in [0.717, 1.165) is 30.8 Å². The topological polar surface area (TPSA) is 71.0 Å². The van der Waals surface area contributed by atoms with Gasteiger partial charge < -0.3 is 24.8 Å². The van der Waals surface area contributed by atoms with Gasteiger partial charge in [-0.3, -0.25) is 4.79 Å². The number of rotatable bonds is 1. The zero-order chi connectivity index (χ0) is 18.3. The van der Waals surface area contributed by atoms with Crippen molar-refractivity contribution in [3.8, 4) is 5.75 Å². The van der Waals surface area contributed by atoms with Gasteiger partial charge >= 0.3 is 0 Å². The number of Topliss-reactive ketones (excluding diaryl/α,β-unsaturated/α-hetero) is 1. The van der Waals surface area contributed by atoms with Crippen molar-refractivity contribution in [2.24, 2.45) is 11.8 Å². The summed E-state index contributed by atoms with van der Waals surface area (Å²) in [6.07, 6.45) is 0.906. The Labute approximate surface area is 153 Å². The SMILES string of the molecule is COc1ccc2c(c1)N[C@]1(O)[C@@H]3O[C@H](C)[C@@H]4C(=O)[C@]21CCN(C)CC[C@@H]43. The van der Waals surface area contributed by atoms with Crippen LogP contribution in [0.2, 0.25) is 0 Å². The van der Waals surface area contributed by atoms with E-state index in [4.69, 9.17) is 9.47 Å². The van der Waals surface area contributed by atoms with E-state index in [1.165, 1.54) is 0 Å². The molecule has 1 spiro atoms. The largest absolute Gasteiger partial charge is 0.497 e. The molecule has 4 aliphatic rings. The van der Waals surface area contributed by atoms with Gasteiger partial charge in [0.2, 0.25) is 0 Å². The van der Waals surface area contributed by atoms with Crippen molar-refractivity contribution in [1.82, 2.24) is 4.90 Å². The molecular weight excluding hydrogens is 332 g/mol. The Kier molecular flexibility index (Phi) is 3.31. The van der Waals surface area contributed by atoms with Crippen molar-refractivity contribution in [3.63, 3.8) is 0 Å². The molecule has 26 heavy (non-hydrogen) atoms. The van der Waals surface area contributed by atoms with Crippen molar-refractivity contribution in [1.29, 1.82) is 0 Å². The van der Waals surface area contributed by atoms with Crippen molar-refractivity contribution < 1.29 is 19.4 Å². The summed E-state index contributed by atoms with van der Waals surface area (Å²) in [6.45, 7) is 3.66. The minimum absolute atomic E-state index is 0.0416. The summed E-state index contributed by atoms with van der Waals surface area (Å²) in [4.78, 5) is 16.2. The number of ether oxygens (including phenoxy) is 2. The lowest BCUT2D eigenvalue weighted by molar-refractivity contribution is -0.161. The molecule has 3 fully saturated rings. The van der Waals surface area contributed by atoms with Gasteiger partial charge in [-0.15, -0.1) is 0 Å². The van der Waals surface area contributed by atoms with E-state index in [1.54, 1.807) is 7.11 Å². The maximum Gasteiger partial charge on any atom is 0.179 e. The normalized spacial score (nSPS) is 43.9. The number of anilines is 1. The zero-order valence-electron chi connectivity index (χ0n) is 15.5. The minimum Gasteiger partial charge on any atom is -0.497 e. The lowest BCUT2D eigenvalue weighted by Crippen LogP contribution is -2.69. The monoisotopic (exact) mass is 358 g/mol. The van der Waals surface area contributed by atoms with Crippen molar-refractivity contribution in [2.45, 2.75) is 43.1 Å². The van der Waals surface area contributed by atoms with Crippen LogP contribution >= 0.6 is 0 Å². The average molecular weight is 358 g/mol. The number of carbonyl (C=O) groups is 1. The first-order valence-electron chi connectivity index (χ1n) is 9.50. The van der Waals surface area contributed by atoms with E-state index in [0.29, 0.717) is 12.2 Å². The van der Waals surface area contributed by atoms with Gasteiger partial charge in [-0.2, -0.15) is 0 Å². The maximum absolute atomic E-state index is 13.9. The molecule has 3 aliphatic heterocycles. The Hall–Kier alpha value is -1.63. The Balaban J connectivity index is 1.76. The first-order chi connectivity index (χ1) is 12.4. The second-order valence-electron chi connectivity index (χ2n) is 8.37. The molecule has 6 atom stereocenters. The molecule has 6 heteroatoms. The Morgan fingerprint density at radius 1 is 1.38 bits per heavy atom. The summed E-state index contributed by atoms with van der Waals surface area (Å²) in [5.74, 6) is 0.737. The number of methoxy groups -OCH3 is 1. The molecule has 1 aromatic rings. The second kappa shape index (κ2) is 5.21. The van der Waals surface area contributed by atoms with Crippen LogP contribution in [0.25, 0.3) is 0 Å². The predicted molar refractivity (Wildman–Crippen MR) is 96.3 cm³/mol. The highest BCUT2D eigenvalue weighted by Crippen LogP contribution is 2.62. The molecule has 1 aromatic carbocycles. The number of aliphatic hydroxyl groups is 1. The molecule has 140 valence electrons. The lowest BCUT2D eigenvalue weighted by Gasteiger charge is -2.49. The smallest absolute Gasteiger partial charge is 0.179 e. The highest BCUT2D eigenvalue weighted by molar-refractivity contribution is 6.00. The molecule has 5 rings (SSSR count). The van der Waals surface area contributed by atoms with E-state index in [-0.39, 0.29) is 29.8 Å². The number of hydrogen-bond donors (Lipinski definition) is 2. The second-order valence-corrected chi connectivity index (χ2v) is 8.37. The third kappa shape index (κ3) is 1.75. The van der Waals surface area contributed by atoms with Crippen molar-refractivity contribution in [2.75, 3.05) is 32.6 Å². The van der Waals surface area contributed by atoms with E-state index in [1.807, 2.05) is 25.1 Å². The van der Waals surface area contributed by atoms with Crippen LogP contribution in [0.15, 0.2) is 18.2 Å². The van der Waals surface area contributed by atoms with Gasteiger partial charge in [0.05, 0.1) is 19.1 Å². The fraction of sp³-hybridized carbons (Fsp3) is 0.650.